The molecule has 0 amide bonds. The number of hydrogen-bond acceptors (Lipinski definition) is 6. The van der Waals surface area contributed by atoms with Gasteiger partial charge in [-0.2, -0.15) is 0 Å². The second-order valence-corrected chi connectivity index (χ2v) is 2.75. The van der Waals surface area contributed by atoms with Crippen molar-refractivity contribution in [1.29, 1.82) is 0 Å². The number of anilines is 2. The van der Waals surface area contributed by atoms with Gasteiger partial charge in [-0.25, -0.2) is 0 Å². The smallest absolute Gasteiger partial charge is 0.325 e. The molecular formula is C8H12N4O2. The van der Waals surface area contributed by atoms with Crippen LogP contribution in [0.15, 0.2) is 12.1 Å². The van der Waals surface area contributed by atoms with E-state index in [1.165, 1.54) is 7.11 Å². The standard InChI is InChI=1S/C8H12N4O2/c1-12(5-8(13)14-2)7-4-3-6(9)10-11-7/h3-4H,5H2,1-2H3,(H2,9,10). The minimum atomic E-state index is -0.328. The quantitative estimate of drug-likeness (QED) is 0.666. The summed E-state index contributed by atoms with van der Waals surface area (Å²) in [5.41, 5.74) is 5.37. The topological polar surface area (TPSA) is 81.3 Å². The maximum absolute atomic E-state index is 10.9. The zero-order valence-corrected chi connectivity index (χ0v) is 8.10. The van der Waals surface area contributed by atoms with E-state index in [2.05, 4.69) is 14.9 Å². The van der Waals surface area contributed by atoms with Gasteiger partial charge in [0.25, 0.3) is 0 Å². The van der Waals surface area contributed by atoms with Crippen molar-refractivity contribution in [2.75, 3.05) is 31.3 Å². The predicted octanol–water partition coefficient (Wildman–Crippen LogP) is -0.332. The summed E-state index contributed by atoms with van der Waals surface area (Å²) in [6.45, 7) is 0.134. The van der Waals surface area contributed by atoms with Crippen LogP contribution < -0.4 is 10.6 Å². The highest BCUT2D eigenvalue weighted by atomic mass is 16.5. The third kappa shape index (κ3) is 2.58. The van der Waals surface area contributed by atoms with Crippen molar-refractivity contribution in [1.82, 2.24) is 10.2 Å². The van der Waals surface area contributed by atoms with E-state index in [9.17, 15) is 4.79 Å². The Morgan fingerprint density at radius 1 is 1.57 bits per heavy atom. The average molecular weight is 196 g/mol. The molecule has 0 saturated carbocycles. The molecule has 0 aliphatic heterocycles. The lowest BCUT2D eigenvalue weighted by atomic mass is 10.4. The lowest BCUT2D eigenvalue weighted by Gasteiger charge is -2.15. The van der Waals surface area contributed by atoms with Crippen LogP contribution >= 0.6 is 0 Å². The van der Waals surface area contributed by atoms with Crippen LogP contribution in [0.5, 0.6) is 0 Å². The van der Waals surface area contributed by atoms with Crippen LogP contribution in [0.4, 0.5) is 11.6 Å². The number of methoxy groups -OCH3 is 1. The Morgan fingerprint density at radius 3 is 2.79 bits per heavy atom. The molecule has 6 heteroatoms. The van der Waals surface area contributed by atoms with Crippen molar-refractivity contribution >= 4 is 17.6 Å². The first-order chi connectivity index (χ1) is 6.63. The van der Waals surface area contributed by atoms with Gasteiger partial charge in [0, 0.05) is 7.05 Å². The van der Waals surface area contributed by atoms with E-state index >= 15 is 0 Å². The first-order valence-electron chi connectivity index (χ1n) is 4.00. The monoisotopic (exact) mass is 196 g/mol. The lowest BCUT2D eigenvalue weighted by molar-refractivity contribution is -0.138. The summed E-state index contributed by atoms with van der Waals surface area (Å²) in [7, 11) is 3.06. The number of carbonyl (C=O) groups is 1. The van der Waals surface area contributed by atoms with E-state index in [1.54, 1.807) is 24.1 Å². The van der Waals surface area contributed by atoms with E-state index < -0.39 is 0 Å². The van der Waals surface area contributed by atoms with Crippen molar-refractivity contribution in [3.05, 3.63) is 12.1 Å². The Hall–Kier alpha value is -1.85. The average Bonchev–Trinajstić information content (AvgIpc) is 2.18. The third-order valence-corrected chi connectivity index (χ3v) is 1.66. The van der Waals surface area contributed by atoms with Gasteiger partial charge >= 0.3 is 5.97 Å². The van der Waals surface area contributed by atoms with Gasteiger partial charge in [0.15, 0.2) is 5.82 Å². The van der Waals surface area contributed by atoms with Crippen LogP contribution in [0.1, 0.15) is 0 Å². The van der Waals surface area contributed by atoms with Crippen molar-refractivity contribution in [2.45, 2.75) is 0 Å². The van der Waals surface area contributed by atoms with Crippen LogP contribution in [0, 0.1) is 0 Å². The molecule has 6 nitrogen and oxygen atoms in total. The number of rotatable bonds is 3. The van der Waals surface area contributed by atoms with Gasteiger partial charge in [-0.1, -0.05) is 0 Å². The van der Waals surface area contributed by atoms with Gasteiger partial charge in [-0.15, -0.1) is 10.2 Å². The van der Waals surface area contributed by atoms with E-state index in [4.69, 9.17) is 5.73 Å². The summed E-state index contributed by atoms with van der Waals surface area (Å²) < 4.78 is 4.51. The van der Waals surface area contributed by atoms with Crippen molar-refractivity contribution in [3.8, 4) is 0 Å². The SMILES string of the molecule is COC(=O)CN(C)c1ccc(N)nn1. The van der Waals surface area contributed by atoms with Crippen LogP contribution in [-0.2, 0) is 9.53 Å². The van der Waals surface area contributed by atoms with Gasteiger partial charge in [0.05, 0.1) is 7.11 Å². The second-order valence-electron chi connectivity index (χ2n) is 2.75. The number of carbonyl (C=O) groups excluding carboxylic acids is 1. The van der Waals surface area contributed by atoms with Crippen molar-refractivity contribution in [3.63, 3.8) is 0 Å². The first kappa shape index (κ1) is 10.2. The maximum atomic E-state index is 10.9. The Bertz CT molecular complexity index is 312. The summed E-state index contributed by atoms with van der Waals surface area (Å²) in [4.78, 5) is 12.5. The molecule has 1 heterocycles. The molecule has 0 radical (unpaired) electrons. The molecule has 0 saturated heterocycles. The van der Waals surface area contributed by atoms with Crippen molar-refractivity contribution in [2.24, 2.45) is 0 Å². The number of hydrogen-bond donors (Lipinski definition) is 1. The molecule has 1 aromatic heterocycles. The molecule has 0 aromatic carbocycles. The summed E-state index contributed by atoms with van der Waals surface area (Å²) >= 11 is 0. The number of nitrogen functional groups attached to an aromatic ring is 1. The maximum Gasteiger partial charge on any atom is 0.325 e. The fourth-order valence-corrected chi connectivity index (χ4v) is 0.878. The number of esters is 1. The van der Waals surface area contributed by atoms with Gasteiger partial charge in [-0.05, 0) is 12.1 Å². The largest absolute Gasteiger partial charge is 0.468 e. The molecule has 14 heavy (non-hydrogen) atoms. The summed E-state index contributed by atoms with van der Waals surface area (Å²) in [6, 6.07) is 3.31. The van der Waals surface area contributed by atoms with Crippen LogP contribution in [0.2, 0.25) is 0 Å². The van der Waals surface area contributed by atoms with Crippen molar-refractivity contribution < 1.29 is 9.53 Å². The Balaban J connectivity index is 2.65. The van der Waals surface area contributed by atoms with Gasteiger partial charge in [-0.3, -0.25) is 4.79 Å². The molecule has 76 valence electrons. The number of likely N-dealkylation sites (N-methyl/N-ethyl adjacent to an activating group) is 1. The Kier molecular flexibility index (Phi) is 3.22. The number of ether oxygens (including phenoxy) is 1. The molecule has 0 bridgehead atoms. The molecule has 0 unspecified atom stereocenters. The molecule has 1 aromatic rings. The van der Waals surface area contributed by atoms with Gasteiger partial charge < -0.3 is 15.4 Å². The van der Waals surface area contributed by atoms with E-state index in [-0.39, 0.29) is 12.5 Å². The Labute approximate surface area is 81.7 Å². The van der Waals surface area contributed by atoms with E-state index in [0.717, 1.165) is 0 Å². The van der Waals surface area contributed by atoms with Crippen LogP contribution in [0.3, 0.4) is 0 Å². The van der Waals surface area contributed by atoms with E-state index in [0.29, 0.717) is 11.6 Å². The van der Waals surface area contributed by atoms with Gasteiger partial charge in [0.2, 0.25) is 0 Å². The number of nitrogens with zero attached hydrogens (tertiary/aromatic N) is 3. The zero-order valence-electron chi connectivity index (χ0n) is 8.10. The minimum Gasteiger partial charge on any atom is -0.468 e. The van der Waals surface area contributed by atoms with Crippen LogP contribution in [0.25, 0.3) is 0 Å². The molecule has 0 spiro atoms. The fraction of sp³-hybridized carbons (Fsp3) is 0.375. The third-order valence-electron chi connectivity index (χ3n) is 1.66. The number of nitrogens with two attached hydrogens (primary N) is 1. The summed E-state index contributed by atoms with van der Waals surface area (Å²) in [6.07, 6.45) is 0. The summed E-state index contributed by atoms with van der Waals surface area (Å²) in [5, 5.41) is 7.48. The molecule has 1 rings (SSSR count). The predicted molar refractivity (Wildman–Crippen MR) is 51.7 cm³/mol. The zero-order chi connectivity index (χ0) is 10.6. The number of aromatic nitrogens is 2. The first-order valence-corrected chi connectivity index (χ1v) is 4.00. The highest BCUT2D eigenvalue weighted by molar-refractivity contribution is 5.74. The highest BCUT2D eigenvalue weighted by Crippen LogP contribution is 2.07. The summed E-state index contributed by atoms with van der Waals surface area (Å²) in [5.74, 6) is 0.593. The van der Waals surface area contributed by atoms with E-state index in [1.807, 2.05) is 0 Å². The molecular weight excluding hydrogens is 184 g/mol. The molecule has 0 aliphatic carbocycles. The molecule has 0 fully saturated rings. The second kappa shape index (κ2) is 4.40. The van der Waals surface area contributed by atoms with Crippen LogP contribution in [-0.4, -0.2) is 36.9 Å². The molecule has 0 aliphatic rings. The molecule has 0 atom stereocenters. The highest BCUT2D eigenvalue weighted by Gasteiger charge is 2.08. The fourth-order valence-electron chi connectivity index (χ4n) is 0.878. The molecule has 2 N–H and O–H groups in total. The minimum absolute atomic E-state index is 0.134. The van der Waals surface area contributed by atoms with Gasteiger partial charge in [0.1, 0.15) is 12.4 Å². The Morgan fingerprint density at radius 2 is 2.29 bits per heavy atom. The normalized spacial score (nSPS) is 9.57. The lowest BCUT2D eigenvalue weighted by Crippen LogP contribution is -2.27.